The lowest BCUT2D eigenvalue weighted by Gasteiger charge is -2.30. The fourth-order valence-electron chi connectivity index (χ4n) is 3.69. The number of rotatable bonds is 7. The Kier molecular flexibility index (Phi) is 5.84. The number of amides is 1. The molecule has 2 aliphatic rings. The SMILES string of the molecule is O=C(NCCc1noc([C@H]2CCCO2)n1)C1CCN(Cc2ccco2)CC1. The Balaban J connectivity index is 1.16. The molecule has 2 aromatic heterocycles. The Morgan fingerprint density at radius 2 is 2.19 bits per heavy atom. The lowest BCUT2D eigenvalue weighted by Crippen LogP contribution is -2.40. The fraction of sp³-hybridized carbons (Fsp3) is 0.632. The van der Waals surface area contributed by atoms with Crippen molar-refractivity contribution in [3.8, 4) is 0 Å². The molecule has 27 heavy (non-hydrogen) atoms. The van der Waals surface area contributed by atoms with E-state index < -0.39 is 0 Å². The van der Waals surface area contributed by atoms with Crippen LogP contribution in [-0.2, 0) is 22.5 Å². The third-order valence-electron chi connectivity index (χ3n) is 5.25. The molecule has 8 heteroatoms. The van der Waals surface area contributed by atoms with Gasteiger partial charge in [-0.05, 0) is 50.9 Å². The van der Waals surface area contributed by atoms with Gasteiger partial charge in [-0.15, -0.1) is 0 Å². The molecule has 1 N–H and O–H groups in total. The van der Waals surface area contributed by atoms with Crippen LogP contribution in [0.1, 0.15) is 49.3 Å². The first-order valence-electron chi connectivity index (χ1n) is 9.74. The summed E-state index contributed by atoms with van der Waals surface area (Å²) in [6, 6.07) is 3.89. The average Bonchev–Trinajstić information content (AvgIpc) is 3.44. The molecule has 1 amide bonds. The van der Waals surface area contributed by atoms with Gasteiger partial charge in [-0.1, -0.05) is 5.16 Å². The summed E-state index contributed by atoms with van der Waals surface area (Å²) in [7, 11) is 0. The highest BCUT2D eigenvalue weighted by molar-refractivity contribution is 5.78. The molecule has 4 heterocycles. The maximum atomic E-state index is 12.4. The molecule has 0 aromatic carbocycles. The van der Waals surface area contributed by atoms with Crippen molar-refractivity contribution < 1.29 is 18.5 Å². The van der Waals surface area contributed by atoms with E-state index in [1.807, 2.05) is 12.1 Å². The molecule has 0 radical (unpaired) electrons. The number of aromatic nitrogens is 2. The minimum atomic E-state index is -0.0628. The second-order valence-corrected chi connectivity index (χ2v) is 7.22. The lowest BCUT2D eigenvalue weighted by atomic mass is 9.96. The fourth-order valence-corrected chi connectivity index (χ4v) is 3.69. The summed E-state index contributed by atoms with van der Waals surface area (Å²) in [6.07, 6.45) is 5.90. The quantitative estimate of drug-likeness (QED) is 0.793. The van der Waals surface area contributed by atoms with Gasteiger partial charge in [-0.3, -0.25) is 9.69 Å². The Morgan fingerprint density at radius 3 is 2.93 bits per heavy atom. The summed E-state index contributed by atoms with van der Waals surface area (Å²) in [4.78, 5) is 19.1. The molecule has 146 valence electrons. The van der Waals surface area contributed by atoms with Gasteiger partial charge in [0.15, 0.2) is 5.82 Å². The molecule has 0 unspecified atom stereocenters. The van der Waals surface area contributed by atoms with Gasteiger partial charge in [-0.25, -0.2) is 0 Å². The third kappa shape index (κ3) is 4.75. The van der Waals surface area contributed by atoms with E-state index in [-0.39, 0.29) is 17.9 Å². The van der Waals surface area contributed by atoms with Gasteiger partial charge in [0.2, 0.25) is 5.91 Å². The normalized spacial score (nSPS) is 21.6. The molecular weight excluding hydrogens is 348 g/mol. The minimum Gasteiger partial charge on any atom is -0.468 e. The van der Waals surface area contributed by atoms with Crippen molar-refractivity contribution >= 4 is 5.91 Å². The summed E-state index contributed by atoms with van der Waals surface area (Å²) in [5.41, 5.74) is 0. The van der Waals surface area contributed by atoms with Crippen LogP contribution >= 0.6 is 0 Å². The Bertz CT molecular complexity index is 716. The highest BCUT2D eigenvalue weighted by Gasteiger charge is 2.26. The number of likely N-dealkylation sites (tertiary alicyclic amines) is 1. The lowest BCUT2D eigenvalue weighted by molar-refractivity contribution is -0.126. The summed E-state index contributed by atoms with van der Waals surface area (Å²) in [6.45, 7) is 3.91. The van der Waals surface area contributed by atoms with Crippen molar-refractivity contribution in [3.63, 3.8) is 0 Å². The number of nitrogens with zero attached hydrogens (tertiary/aromatic N) is 3. The van der Waals surface area contributed by atoms with Crippen LogP contribution in [0.15, 0.2) is 27.3 Å². The van der Waals surface area contributed by atoms with Crippen LogP contribution in [0.2, 0.25) is 0 Å². The summed E-state index contributed by atoms with van der Waals surface area (Å²) in [5, 5.41) is 6.99. The molecule has 1 atom stereocenters. The molecule has 0 aliphatic carbocycles. The average molecular weight is 374 g/mol. The summed E-state index contributed by atoms with van der Waals surface area (Å²) < 4.78 is 16.2. The van der Waals surface area contributed by atoms with Crippen molar-refractivity contribution in [1.29, 1.82) is 0 Å². The molecule has 2 aliphatic heterocycles. The highest BCUT2D eigenvalue weighted by atomic mass is 16.5. The van der Waals surface area contributed by atoms with Crippen LogP contribution < -0.4 is 5.32 Å². The predicted molar refractivity (Wildman–Crippen MR) is 95.6 cm³/mol. The maximum absolute atomic E-state index is 12.4. The van der Waals surface area contributed by atoms with Crippen LogP contribution in [0.3, 0.4) is 0 Å². The van der Waals surface area contributed by atoms with Gasteiger partial charge < -0.3 is 19.0 Å². The standard InChI is InChI=1S/C19H26N4O4/c24-18(14-6-9-23(10-7-14)13-15-3-1-11-25-15)20-8-5-17-21-19(27-22-17)16-4-2-12-26-16/h1,3,11,14,16H,2,4-10,12-13H2,(H,20,24)/t16-/m1/s1. The van der Waals surface area contributed by atoms with Gasteiger partial charge in [0.1, 0.15) is 11.9 Å². The largest absolute Gasteiger partial charge is 0.468 e. The van der Waals surface area contributed by atoms with Gasteiger partial charge in [-0.2, -0.15) is 4.98 Å². The van der Waals surface area contributed by atoms with Gasteiger partial charge in [0, 0.05) is 25.5 Å². The number of carbonyl (C=O) groups is 1. The predicted octanol–water partition coefficient (Wildman–Crippen LogP) is 2.08. The van der Waals surface area contributed by atoms with Gasteiger partial charge in [0.05, 0.1) is 12.8 Å². The van der Waals surface area contributed by atoms with Crippen LogP contribution in [-0.4, -0.2) is 47.2 Å². The molecule has 2 saturated heterocycles. The van der Waals surface area contributed by atoms with Crippen molar-refractivity contribution in [1.82, 2.24) is 20.4 Å². The zero-order valence-corrected chi connectivity index (χ0v) is 15.4. The van der Waals surface area contributed by atoms with E-state index in [0.29, 0.717) is 24.7 Å². The Hall–Kier alpha value is -2.19. The smallest absolute Gasteiger partial charge is 0.255 e. The third-order valence-corrected chi connectivity index (χ3v) is 5.25. The monoisotopic (exact) mass is 374 g/mol. The number of piperidine rings is 1. The maximum Gasteiger partial charge on any atom is 0.255 e. The first-order valence-corrected chi connectivity index (χ1v) is 9.74. The van der Waals surface area contributed by atoms with Crippen molar-refractivity contribution in [2.24, 2.45) is 5.92 Å². The number of hydrogen-bond acceptors (Lipinski definition) is 7. The second-order valence-electron chi connectivity index (χ2n) is 7.22. The van der Waals surface area contributed by atoms with E-state index >= 15 is 0 Å². The Labute approximate surface area is 158 Å². The molecule has 0 saturated carbocycles. The number of furan rings is 1. The molecule has 0 spiro atoms. The van der Waals surface area contributed by atoms with E-state index in [1.165, 1.54) is 0 Å². The molecule has 8 nitrogen and oxygen atoms in total. The number of nitrogens with one attached hydrogen (secondary N) is 1. The van der Waals surface area contributed by atoms with E-state index in [0.717, 1.165) is 57.7 Å². The van der Waals surface area contributed by atoms with Crippen LogP contribution in [0.5, 0.6) is 0 Å². The molecule has 4 rings (SSSR count). The van der Waals surface area contributed by atoms with Crippen LogP contribution in [0, 0.1) is 5.92 Å². The molecule has 2 aromatic rings. The highest BCUT2D eigenvalue weighted by Crippen LogP contribution is 2.26. The van der Waals surface area contributed by atoms with E-state index in [4.69, 9.17) is 13.7 Å². The summed E-state index contributed by atoms with van der Waals surface area (Å²) >= 11 is 0. The molecule has 0 bridgehead atoms. The summed E-state index contributed by atoms with van der Waals surface area (Å²) in [5.74, 6) is 2.34. The van der Waals surface area contributed by atoms with Gasteiger partial charge >= 0.3 is 0 Å². The zero-order chi connectivity index (χ0) is 18.5. The first kappa shape index (κ1) is 18.2. The minimum absolute atomic E-state index is 0.0628. The van der Waals surface area contributed by atoms with E-state index in [9.17, 15) is 4.79 Å². The Morgan fingerprint density at radius 1 is 1.30 bits per heavy atom. The zero-order valence-electron chi connectivity index (χ0n) is 15.4. The van der Waals surface area contributed by atoms with E-state index in [1.54, 1.807) is 6.26 Å². The molecule has 2 fully saturated rings. The van der Waals surface area contributed by atoms with Crippen molar-refractivity contribution in [3.05, 3.63) is 35.9 Å². The number of hydrogen-bond donors (Lipinski definition) is 1. The van der Waals surface area contributed by atoms with Crippen LogP contribution in [0.4, 0.5) is 0 Å². The topological polar surface area (TPSA) is 93.6 Å². The van der Waals surface area contributed by atoms with Crippen molar-refractivity contribution in [2.45, 2.75) is 44.8 Å². The number of ether oxygens (including phenoxy) is 1. The van der Waals surface area contributed by atoms with Gasteiger partial charge in [0.25, 0.3) is 5.89 Å². The number of carbonyl (C=O) groups excluding carboxylic acids is 1. The molecular formula is C19H26N4O4. The van der Waals surface area contributed by atoms with Crippen LogP contribution in [0.25, 0.3) is 0 Å². The van der Waals surface area contributed by atoms with Crippen molar-refractivity contribution in [2.75, 3.05) is 26.2 Å². The second kappa shape index (κ2) is 8.67. The van der Waals surface area contributed by atoms with E-state index in [2.05, 4.69) is 20.4 Å². The first-order chi connectivity index (χ1) is 13.3.